The molecule has 0 radical (unpaired) electrons. The van der Waals surface area contributed by atoms with Crippen molar-refractivity contribution in [2.45, 2.75) is 6.54 Å². The highest BCUT2D eigenvalue weighted by molar-refractivity contribution is 8.18. The average molecular weight is 501 g/mol. The Morgan fingerprint density at radius 2 is 1.67 bits per heavy atom. The summed E-state index contributed by atoms with van der Waals surface area (Å²) in [5.41, 5.74) is 3.09. The Morgan fingerprint density at radius 1 is 0.972 bits per heavy atom. The molecule has 2 heterocycles. The van der Waals surface area contributed by atoms with Crippen molar-refractivity contribution in [1.82, 2.24) is 14.7 Å². The zero-order chi connectivity index (χ0) is 25.2. The molecule has 0 bridgehead atoms. The maximum atomic E-state index is 13.5. The molecule has 0 saturated carbocycles. The third-order valence-electron chi connectivity index (χ3n) is 5.53. The van der Waals surface area contributed by atoms with Crippen LogP contribution < -0.4 is 0 Å². The van der Waals surface area contributed by atoms with Crippen molar-refractivity contribution in [2.75, 3.05) is 0 Å². The van der Waals surface area contributed by atoms with E-state index in [1.165, 1.54) is 36.4 Å². The number of imide groups is 1. The minimum absolute atomic E-state index is 0.00586. The van der Waals surface area contributed by atoms with Crippen molar-refractivity contribution >= 4 is 34.7 Å². The number of amides is 2. The molecule has 0 N–H and O–H groups in total. The summed E-state index contributed by atoms with van der Waals surface area (Å²) in [5.74, 6) is -0.851. The van der Waals surface area contributed by atoms with Crippen LogP contribution in [0.3, 0.4) is 0 Å². The second kappa shape index (κ2) is 9.59. The number of carbonyl (C=O) groups excluding carboxylic acids is 2. The minimum atomic E-state index is -0.513. The Balaban J connectivity index is 1.47. The predicted octanol–water partition coefficient (Wildman–Crippen LogP) is 5.82. The SMILES string of the molecule is O=C1S/C(=C\c2cn(-c3ccccc3)nc2-c2ccc(F)cc2)C(=O)N1Cc1ccc([N+](=O)[O-])cc1. The summed E-state index contributed by atoms with van der Waals surface area (Å²) in [7, 11) is 0. The van der Waals surface area contributed by atoms with Crippen molar-refractivity contribution in [2.24, 2.45) is 0 Å². The first-order valence-electron chi connectivity index (χ1n) is 10.8. The number of hydrogen-bond donors (Lipinski definition) is 0. The largest absolute Gasteiger partial charge is 0.293 e. The van der Waals surface area contributed by atoms with Crippen LogP contribution in [-0.4, -0.2) is 30.8 Å². The number of para-hydroxylation sites is 1. The molecule has 3 aromatic carbocycles. The van der Waals surface area contributed by atoms with E-state index in [1.807, 2.05) is 30.3 Å². The van der Waals surface area contributed by atoms with Crippen LogP contribution in [0.5, 0.6) is 0 Å². The van der Waals surface area contributed by atoms with Gasteiger partial charge < -0.3 is 0 Å². The number of non-ortho nitro benzene ring substituents is 1. The molecule has 1 aromatic heterocycles. The molecule has 0 aliphatic carbocycles. The lowest BCUT2D eigenvalue weighted by molar-refractivity contribution is -0.384. The van der Waals surface area contributed by atoms with E-state index < -0.39 is 16.1 Å². The molecule has 2 amide bonds. The Bertz CT molecular complexity index is 1500. The van der Waals surface area contributed by atoms with E-state index in [2.05, 4.69) is 5.10 Å². The number of aromatic nitrogens is 2. The fourth-order valence-corrected chi connectivity index (χ4v) is 4.55. The number of thioether (sulfide) groups is 1. The fourth-order valence-electron chi connectivity index (χ4n) is 3.72. The summed E-state index contributed by atoms with van der Waals surface area (Å²) in [6, 6.07) is 20.9. The second-order valence-corrected chi connectivity index (χ2v) is 8.90. The van der Waals surface area contributed by atoms with Gasteiger partial charge in [0, 0.05) is 29.5 Å². The third kappa shape index (κ3) is 4.66. The van der Waals surface area contributed by atoms with Gasteiger partial charge in [0.25, 0.3) is 16.8 Å². The molecular weight excluding hydrogens is 483 g/mol. The zero-order valence-corrected chi connectivity index (χ0v) is 19.4. The molecule has 4 aromatic rings. The molecule has 0 unspecified atom stereocenters. The van der Waals surface area contributed by atoms with Crippen LogP contribution in [0, 0.1) is 15.9 Å². The van der Waals surface area contributed by atoms with Crippen molar-refractivity contribution in [3.63, 3.8) is 0 Å². The molecular formula is C26H17FN4O4S. The van der Waals surface area contributed by atoms with Crippen LogP contribution in [0.15, 0.2) is 90.0 Å². The number of rotatable bonds is 6. The van der Waals surface area contributed by atoms with Crippen LogP contribution in [0.25, 0.3) is 23.0 Å². The van der Waals surface area contributed by atoms with Crippen LogP contribution in [0.2, 0.25) is 0 Å². The van der Waals surface area contributed by atoms with Gasteiger partial charge >= 0.3 is 0 Å². The number of nitrogens with zero attached hydrogens (tertiary/aromatic N) is 4. The van der Waals surface area contributed by atoms with Gasteiger partial charge in [0.2, 0.25) is 0 Å². The minimum Gasteiger partial charge on any atom is -0.268 e. The highest BCUT2D eigenvalue weighted by Crippen LogP contribution is 2.35. The summed E-state index contributed by atoms with van der Waals surface area (Å²) in [5, 5.41) is 15.1. The average Bonchev–Trinajstić information content (AvgIpc) is 3.42. The molecule has 10 heteroatoms. The molecule has 0 atom stereocenters. The van der Waals surface area contributed by atoms with E-state index in [0.29, 0.717) is 22.4 Å². The van der Waals surface area contributed by atoms with E-state index in [4.69, 9.17) is 0 Å². The Morgan fingerprint density at radius 3 is 2.33 bits per heavy atom. The van der Waals surface area contributed by atoms with E-state index in [1.54, 1.807) is 29.1 Å². The van der Waals surface area contributed by atoms with E-state index in [9.17, 15) is 24.1 Å². The number of benzene rings is 3. The third-order valence-corrected chi connectivity index (χ3v) is 6.44. The molecule has 1 fully saturated rings. The quantitative estimate of drug-likeness (QED) is 0.188. The van der Waals surface area contributed by atoms with E-state index >= 15 is 0 Å². The Labute approximate surface area is 208 Å². The van der Waals surface area contributed by atoms with Crippen molar-refractivity contribution < 1.29 is 18.9 Å². The summed E-state index contributed by atoms with van der Waals surface area (Å²) in [6.07, 6.45) is 3.35. The molecule has 178 valence electrons. The van der Waals surface area contributed by atoms with Crippen LogP contribution >= 0.6 is 11.8 Å². The molecule has 1 saturated heterocycles. The van der Waals surface area contributed by atoms with Gasteiger partial charge in [-0.15, -0.1) is 0 Å². The second-order valence-electron chi connectivity index (χ2n) is 7.91. The first-order chi connectivity index (χ1) is 17.4. The molecule has 36 heavy (non-hydrogen) atoms. The monoisotopic (exact) mass is 500 g/mol. The Kier molecular flexibility index (Phi) is 6.17. The number of nitro benzene ring substituents is 1. The van der Waals surface area contributed by atoms with Crippen molar-refractivity contribution in [1.29, 1.82) is 0 Å². The summed E-state index contributed by atoms with van der Waals surface area (Å²) in [6.45, 7) is -0.00586. The van der Waals surface area contributed by atoms with Gasteiger partial charge in [0.15, 0.2) is 0 Å². The number of hydrogen-bond acceptors (Lipinski definition) is 6. The summed E-state index contributed by atoms with van der Waals surface area (Å²) < 4.78 is 15.2. The lowest BCUT2D eigenvalue weighted by Crippen LogP contribution is -2.27. The zero-order valence-electron chi connectivity index (χ0n) is 18.6. The first kappa shape index (κ1) is 23.2. The summed E-state index contributed by atoms with van der Waals surface area (Å²) >= 11 is 0.809. The van der Waals surface area contributed by atoms with Crippen molar-refractivity contribution in [3.05, 3.63) is 117 Å². The number of carbonyl (C=O) groups is 2. The number of nitro groups is 1. The fraction of sp³-hybridized carbons (Fsp3) is 0.0385. The van der Waals surface area contributed by atoms with Gasteiger partial charge in [-0.1, -0.05) is 30.3 Å². The normalized spacial score (nSPS) is 14.6. The molecule has 8 nitrogen and oxygen atoms in total. The van der Waals surface area contributed by atoms with Gasteiger partial charge in [0.1, 0.15) is 5.82 Å². The molecule has 5 rings (SSSR count). The topological polar surface area (TPSA) is 98.3 Å². The standard InChI is InChI=1S/C26H17FN4O4S/c27-20-10-8-18(9-11-20)24-19(16-30(28-24)21-4-2-1-3-5-21)14-23-25(32)29(26(33)36-23)15-17-6-12-22(13-7-17)31(34)35/h1-14,16H,15H2/b23-14-. The summed E-state index contributed by atoms with van der Waals surface area (Å²) in [4.78, 5) is 37.4. The molecule has 0 spiro atoms. The van der Waals surface area contributed by atoms with E-state index in [-0.39, 0.29) is 23.0 Å². The van der Waals surface area contributed by atoms with Crippen LogP contribution in [-0.2, 0) is 11.3 Å². The van der Waals surface area contributed by atoms with Crippen LogP contribution in [0.1, 0.15) is 11.1 Å². The predicted molar refractivity (Wildman–Crippen MR) is 134 cm³/mol. The van der Waals surface area contributed by atoms with Gasteiger partial charge in [0.05, 0.1) is 27.8 Å². The molecule has 1 aliphatic heterocycles. The highest BCUT2D eigenvalue weighted by atomic mass is 32.2. The van der Waals surface area contributed by atoms with Gasteiger partial charge in [-0.3, -0.25) is 24.6 Å². The number of halogens is 1. The smallest absolute Gasteiger partial charge is 0.268 e. The van der Waals surface area contributed by atoms with Crippen molar-refractivity contribution in [3.8, 4) is 16.9 Å². The van der Waals surface area contributed by atoms with Gasteiger partial charge in [-0.2, -0.15) is 5.10 Å². The maximum Gasteiger partial charge on any atom is 0.293 e. The lowest BCUT2D eigenvalue weighted by Gasteiger charge is -2.12. The lowest BCUT2D eigenvalue weighted by atomic mass is 10.1. The Hall–Kier alpha value is -4.57. The van der Waals surface area contributed by atoms with Gasteiger partial charge in [-0.25, -0.2) is 9.07 Å². The molecule has 1 aliphatic rings. The maximum absolute atomic E-state index is 13.5. The highest BCUT2D eigenvalue weighted by Gasteiger charge is 2.35. The first-order valence-corrected chi connectivity index (χ1v) is 11.6. The van der Waals surface area contributed by atoms with Crippen LogP contribution in [0.4, 0.5) is 14.9 Å². The van der Waals surface area contributed by atoms with Gasteiger partial charge in [-0.05, 0) is 59.8 Å². The van der Waals surface area contributed by atoms with E-state index in [0.717, 1.165) is 22.3 Å².